The van der Waals surface area contributed by atoms with Crippen molar-refractivity contribution in [1.29, 1.82) is 0 Å². The van der Waals surface area contributed by atoms with E-state index < -0.39 is 0 Å². The molecule has 13 heavy (non-hydrogen) atoms. The number of rotatable bonds is 0. The molecule has 0 aliphatic carbocycles. The fourth-order valence-corrected chi connectivity index (χ4v) is 1.14. The van der Waals surface area contributed by atoms with Crippen molar-refractivity contribution in [1.82, 2.24) is 9.88 Å². The lowest BCUT2D eigenvalue weighted by molar-refractivity contribution is 0.410. The standard InChI is InChI=1S/C9H11N3O/c1-12(2)9-11-6-7-8(13-9)4-3-5-10-7/h3-5H,6H2,1-2H3. The van der Waals surface area contributed by atoms with Crippen LogP contribution in [0.25, 0.3) is 0 Å². The van der Waals surface area contributed by atoms with Crippen LogP contribution in [0.2, 0.25) is 0 Å². The van der Waals surface area contributed by atoms with Crippen LogP contribution in [0.4, 0.5) is 0 Å². The Morgan fingerprint density at radius 1 is 1.46 bits per heavy atom. The summed E-state index contributed by atoms with van der Waals surface area (Å²) in [6.07, 6.45) is 1.75. The summed E-state index contributed by atoms with van der Waals surface area (Å²) in [7, 11) is 3.81. The Kier molecular flexibility index (Phi) is 1.88. The van der Waals surface area contributed by atoms with Gasteiger partial charge in [-0.2, -0.15) is 0 Å². The van der Waals surface area contributed by atoms with Gasteiger partial charge < -0.3 is 9.64 Å². The van der Waals surface area contributed by atoms with E-state index in [9.17, 15) is 0 Å². The lowest BCUT2D eigenvalue weighted by atomic mass is 10.3. The highest BCUT2D eigenvalue weighted by Crippen LogP contribution is 2.20. The van der Waals surface area contributed by atoms with Crippen LogP contribution in [-0.4, -0.2) is 30.0 Å². The van der Waals surface area contributed by atoms with Crippen molar-refractivity contribution in [2.45, 2.75) is 6.54 Å². The van der Waals surface area contributed by atoms with Crippen LogP contribution in [0.3, 0.4) is 0 Å². The molecule has 0 fully saturated rings. The zero-order chi connectivity index (χ0) is 9.26. The molecule has 0 amide bonds. The van der Waals surface area contributed by atoms with E-state index in [1.54, 1.807) is 6.20 Å². The molecule has 0 aromatic carbocycles. The Balaban J connectivity index is 2.28. The number of nitrogens with zero attached hydrogens (tertiary/aromatic N) is 3. The van der Waals surface area contributed by atoms with Gasteiger partial charge >= 0.3 is 0 Å². The van der Waals surface area contributed by atoms with Crippen LogP contribution in [-0.2, 0) is 6.54 Å². The van der Waals surface area contributed by atoms with E-state index in [1.807, 2.05) is 31.1 Å². The number of aromatic nitrogens is 1. The summed E-state index contributed by atoms with van der Waals surface area (Å²) in [5, 5.41) is 0. The van der Waals surface area contributed by atoms with Gasteiger partial charge in [-0.25, -0.2) is 4.99 Å². The lowest BCUT2D eigenvalue weighted by Gasteiger charge is -2.20. The summed E-state index contributed by atoms with van der Waals surface area (Å²) >= 11 is 0. The lowest BCUT2D eigenvalue weighted by Crippen LogP contribution is -2.30. The fourth-order valence-electron chi connectivity index (χ4n) is 1.14. The fraction of sp³-hybridized carbons (Fsp3) is 0.333. The molecule has 2 heterocycles. The van der Waals surface area contributed by atoms with Gasteiger partial charge in [0.2, 0.25) is 0 Å². The minimum atomic E-state index is 0.601. The van der Waals surface area contributed by atoms with Gasteiger partial charge in [0.25, 0.3) is 6.02 Å². The first kappa shape index (κ1) is 8.04. The molecule has 4 nitrogen and oxygen atoms in total. The molecular formula is C9H11N3O. The average molecular weight is 177 g/mol. The van der Waals surface area contributed by atoms with Crippen molar-refractivity contribution < 1.29 is 4.74 Å². The van der Waals surface area contributed by atoms with E-state index in [-0.39, 0.29) is 0 Å². The molecule has 0 unspecified atom stereocenters. The third-order valence-corrected chi connectivity index (χ3v) is 1.80. The average Bonchev–Trinajstić information content (AvgIpc) is 2.17. The van der Waals surface area contributed by atoms with E-state index >= 15 is 0 Å². The first-order valence-corrected chi connectivity index (χ1v) is 4.11. The third kappa shape index (κ3) is 1.47. The molecule has 0 saturated heterocycles. The number of ether oxygens (including phenoxy) is 1. The van der Waals surface area contributed by atoms with Crippen LogP contribution in [0.5, 0.6) is 5.75 Å². The number of hydrogen-bond acceptors (Lipinski definition) is 4. The zero-order valence-corrected chi connectivity index (χ0v) is 7.69. The molecule has 4 heteroatoms. The first-order chi connectivity index (χ1) is 6.27. The van der Waals surface area contributed by atoms with Crippen LogP contribution in [0, 0.1) is 0 Å². The maximum Gasteiger partial charge on any atom is 0.292 e. The Labute approximate surface area is 76.9 Å². The Morgan fingerprint density at radius 2 is 2.31 bits per heavy atom. The predicted molar refractivity (Wildman–Crippen MR) is 49.7 cm³/mol. The predicted octanol–water partition coefficient (Wildman–Crippen LogP) is 0.892. The van der Waals surface area contributed by atoms with Gasteiger partial charge in [-0.15, -0.1) is 0 Å². The van der Waals surface area contributed by atoms with Crippen molar-refractivity contribution in [3.63, 3.8) is 0 Å². The smallest absolute Gasteiger partial charge is 0.292 e. The summed E-state index contributed by atoms with van der Waals surface area (Å²) in [4.78, 5) is 10.2. The van der Waals surface area contributed by atoms with Gasteiger partial charge in [-0.3, -0.25) is 4.98 Å². The second-order valence-corrected chi connectivity index (χ2v) is 3.04. The molecule has 1 aliphatic heterocycles. The number of hydrogen-bond donors (Lipinski definition) is 0. The first-order valence-electron chi connectivity index (χ1n) is 4.11. The number of fused-ring (bicyclic) bond motifs is 1. The maximum atomic E-state index is 5.51. The van der Waals surface area contributed by atoms with Gasteiger partial charge in [-0.1, -0.05) is 0 Å². The molecule has 0 N–H and O–H groups in total. The molecule has 1 aliphatic rings. The number of pyridine rings is 1. The van der Waals surface area contributed by atoms with Gasteiger partial charge in [0.15, 0.2) is 5.75 Å². The van der Waals surface area contributed by atoms with Crippen molar-refractivity contribution >= 4 is 6.02 Å². The molecule has 1 aromatic heterocycles. The quantitative estimate of drug-likeness (QED) is 0.590. The maximum absolute atomic E-state index is 5.51. The third-order valence-electron chi connectivity index (χ3n) is 1.80. The summed E-state index contributed by atoms with van der Waals surface area (Å²) in [6.45, 7) is 0.601. The minimum absolute atomic E-state index is 0.601. The molecule has 2 rings (SSSR count). The second-order valence-electron chi connectivity index (χ2n) is 3.04. The molecule has 1 aromatic rings. The number of aliphatic imine (C=N–C) groups is 1. The summed E-state index contributed by atoms with van der Waals surface area (Å²) in [6, 6.07) is 4.40. The second kappa shape index (κ2) is 3.05. The Morgan fingerprint density at radius 3 is 3.08 bits per heavy atom. The van der Waals surface area contributed by atoms with Crippen LogP contribution in [0.15, 0.2) is 23.3 Å². The zero-order valence-electron chi connectivity index (χ0n) is 7.69. The van der Waals surface area contributed by atoms with E-state index in [0.29, 0.717) is 12.6 Å². The van der Waals surface area contributed by atoms with E-state index in [2.05, 4.69) is 9.98 Å². The van der Waals surface area contributed by atoms with Crippen molar-refractivity contribution in [2.75, 3.05) is 14.1 Å². The SMILES string of the molecule is CN(C)C1=NCc2ncccc2O1. The number of amidine groups is 1. The monoisotopic (exact) mass is 177 g/mol. The van der Waals surface area contributed by atoms with Gasteiger partial charge in [0.05, 0.1) is 6.54 Å². The normalized spacial score (nSPS) is 14.2. The Bertz CT molecular complexity index is 346. The van der Waals surface area contributed by atoms with Gasteiger partial charge in [0, 0.05) is 20.3 Å². The van der Waals surface area contributed by atoms with Crippen LogP contribution in [0.1, 0.15) is 5.69 Å². The van der Waals surface area contributed by atoms with E-state index in [1.165, 1.54) is 0 Å². The highest BCUT2D eigenvalue weighted by atomic mass is 16.5. The molecule has 0 radical (unpaired) electrons. The van der Waals surface area contributed by atoms with Crippen molar-refractivity contribution in [3.05, 3.63) is 24.0 Å². The summed E-state index contributed by atoms with van der Waals surface area (Å²) in [5.41, 5.74) is 0.896. The Hall–Kier alpha value is -1.58. The summed E-state index contributed by atoms with van der Waals surface area (Å²) < 4.78 is 5.51. The van der Waals surface area contributed by atoms with E-state index in [0.717, 1.165) is 11.4 Å². The molecule has 0 saturated carbocycles. The topological polar surface area (TPSA) is 37.7 Å². The molecule has 68 valence electrons. The van der Waals surface area contributed by atoms with Crippen molar-refractivity contribution in [3.8, 4) is 5.75 Å². The van der Waals surface area contributed by atoms with Crippen LogP contribution < -0.4 is 4.74 Å². The highest BCUT2D eigenvalue weighted by molar-refractivity contribution is 5.77. The largest absolute Gasteiger partial charge is 0.424 e. The highest BCUT2D eigenvalue weighted by Gasteiger charge is 2.14. The van der Waals surface area contributed by atoms with Gasteiger partial charge in [-0.05, 0) is 12.1 Å². The van der Waals surface area contributed by atoms with Crippen molar-refractivity contribution in [2.24, 2.45) is 4.99 Å². The molecule has 0 bridgehead atoms. The van der Waals surface area contributed by atoms with Crippen LogP contribution >= 0.6 is 0 Å². The summed E-state index contributed by atoms with van der Waals surface area (Å²) in [5.74, 6) is 0.807. The molecule has 0 atom stereocenters. The molecular weight excluding hydrogens is 166 g/mol. The van der Waals surface area contributed by atoms with E-state index in [4.69, 9.17) is 4.74 Å². The minimum Gasteiger partial charge on any atom is -0.424 e. The molecule has 0 spiro atoms. The van der Waals surface area contributed by atoms with Gasteiger partial charge in [0.1, 0.15) is 5.69 Å².